The normalized spacial score (nSPS) is 14.9. The van der Waals surface area contributed by atoms with E-state index >= 15 is 0 Å². The Kier molecular flexibility index (Phi) is 6.42. The third-order valence-corrected chi connectivity index (χ3v) is 4.08. The summed E-state index contributed by atoms with van der Waals surface area (Å²) >= 11 is 0. The van der Waals surface area contributed by atoms with E-state index in [4.69, 9.17) is 14.2 Å². The molecule has 1 aliphatic heterocycles. The summed E-state index contributed by atoms with van der Waals surface area (Å²) in [6, 6.07) is 16.7. The first-order valence-corrected chi connectivity index (χ1v) is 8.55. The molecule has 2 aromatic carbocycles. The lowest BCUT2D eigenvalue weighted by Gasteiger charge is -2.26. The van der Waals surface area contributed by atoms with Crippen molar-refractivity contribution in [2.75, 3.05) is 39.5 Å². The van der Waals surface area contributed by atoms with E-state index in [1.165, 1.54) is 0 Å². The summed E-state index contributed by atoms with van der Waals surface area (Å²) in [5.74, 6) is 0.427. The molecule has 0 N–H and O–H groups in total. The molecule has 0 atom stereocenters. The third kappa shape index (κ3) is 5.59. The molecule has 0 unspecified atom stereocenters. The van der Waals surface area contributed by atoms with Crippen molar-refractivity contribution in [1.82, 2.24) is 4.90 Å². The molecule has 3 rings (SSSR count). The number of benzene rings is 2. The number of ether oxygens (including phenoxy) is 3. The van der Waals surface area contributed by atoms with Gasteiger partial charge in [0.15, 0.2) is 0 Å². The van der Waals surface area contributed by atoms with E-state index in [0.29, 0.717) is 12.2 Å². The number of esters is 1. The van der Waals surface area contributed by atoms with Crippen molar-refractivity contribution in [3.05, 3.63) is 65.7 Å². The van der Waals surface area contributed by atoms with Crippen molar-refractivity contribution in [1.29, 1.82) is 0 Å². The first-order valence-electron chi connectivity index (χ1n) is 8.55. The van der Waals surface area contributed by atoms with E-state index in [9.17, 15) is 4.79 Å². The van der Waals surface area contributed by atoms with Gasteiger partial charge in [-0.3, -0.25) is 4.90 Å². The van der Waals surface area contributed by atoms with Crippen molar-refractivity contribution in [2.45, 2.75) is 6.61 Å². The van der Waals surface area contributed by atoms with Crippen molar-refractivity contribution < 1.29 is 19.0 Å². The summed E-state index contributed by atoms with van der Waals surface area (Å²) in [5, 5.41) is 0. The van der Waals surface area contributed by atoms with Gasteiger partial charge < -0.3 is 14.2 Å². The van der Waals surface area contributed by atoms with Crippen molar-refractivity contribution >= 4 is 5.97 Å². The Morgan fingerprint density at radius 1 is 1.00 bits per heavy atom. The quantitative estimate of drug-likeness (QED) is 0.725. The standard InChI is InChI=1S/C20H23NO4/c22-20(25-16-17-4-2-1-3-5-17)18-6-8-19(9-7-18)24-15-12-21-10-13-23-14-11-21/h1-9H,10-16H2. The van der Waals surface area contributed by atoms with E-state index in [0.717, 1.165) is 44.2 Å². The van der Waals surface area contributed by atoms with Crippen LogP contribution in [-0.2, 0) is 16.1 Å². The van der Waals surface area contributed by atoms with Gasteiger partial charge in [-0.2, -0.15) is 0 Å². The summed E-state index contributed by atoms with van der Waals surface area (Å²) in [5.41, 5.74) is 1.50. The van der Waals surface area contributed by atoms with Gasteiger partial charge in [-0.1, -0.05) is 30.3 Å². The summed E-state index contributed by atoms with van der Waals surface area (Å²) in [6.45, 7) is 5.27. The van der Waals surface area contributed by atoms with Gasteiger partial charge in [-0.05, 0) is 29.8 Å². The molecule has 0 saturated carbocycles. The fourth-order valence-corrected chi connectivity index (χ4v) is 2.61. The molecule has 1 fully saturated rings. The molecule has 0 amide bonds. The fraction of sp³-hybridized carbons (Fsp3) is 0.350. The van der Waals surface area contributed by atoms with E-state index in [-0.39, 0.29) is 12.6 Å². The van der Waals surface area contributed by atoms with Gasteiger partial charge in [-0.15, -0.1) is 0 Å². The molecule has 0 bridgehead atoms. The fourth-order valence-electron chi connectivity index (χ4n) is 2.61. The van der Waals surface area contributed by atoms with Crippen LogP contribution >= 0.6 is 0 Å². The highest BCUT2D eigenvalue weighted by Gasteiger charge is 2.10. The van der Waals surface area contributed by atoms with Gasteiger partial charge in [0.2, 0.25) is 0 Å². The highest BCUT2D eigenvalue weighted by atomic mass is 16.5. The van der Waals surface area contributed by atoms with Crippen molar-refractivity contribution in [2.24, 2.45) is 0 Å². The van der Waals surface area contributed by atoms with Gasteiger partial charge in [0.25, 0.3) is 0 Å². The molecule has 0 spiro atoms. The highest BCUT2D eigenvalue weighted by molar-refractivity contribution is 5.89. The average molecular weight is 341 g/mol. The van der Waals surface area contributed by atoms with Crippen LogP contribution in [0.4, 0.5) is 0 Å². The molecule has 0 aromatic heterocycles. The minimum Gasteiger partial charge on any atom is -0.492 e. The van der Waals surface area contributed by atoms with Crippen LogP contribution in [-0.4, -0.2) is 50.3 Å². The number of morpholine rings is 1. The highest BCUT2D eigenvalue weighted by Crippen LogP contribution is 2.14. The molecule has 2 aromatic rings. The van der Waals surface area contributed by atoms with Crippen LogP contribution in [0.2, 0.25) is 0 Å². The Hall–Kier alpha value is -2.37. The topological polar surface area (TPSA) is 48.0 Å². The molecule has 0 radical (unpaired) electrons. The Morgan fingerprint density at radius 3 is 2.44 bits per heavy atom. The second-order valence-corrected chi connectivity index (χ2v) is 5.89. The van der Waals surface area contributed by atoms with Gasteiger partial charge in [0.1, 0.15) is 19.0 Å². The number of hydrogen-bond donors (Lipinski definition) is 0. The Balaban J connectivity index is 1.42. The molecule has 132 valence electrons. The van der Waals surface area contributed by atoms with Gasteiger partial charge in [0.05, 0.1) is 18.8 Å². The lowest BCUT2D eigenvalue weighted by atomic mass is 10.2. The predicted molar refractivity (Wildman–Crippen MR) is 94.8 cm³/mol. The molecule has 1 aliphatic rings. The first-order chi connectivity index (χ1) is 12.3. The maximum Gasteiger partial charge on any atom is 0.338 e. The number of carbonyl (C=O) groups excluding carboxylic acids is 1. The third-order valence-electron chi connectivity index (χ3n) is 4.08. The van der Waals surface area contributed by atoms with Gasteiger partial charge >= 0.3 is 5.97 Å². The van der Waals surface area contributed by atoms with E-state index < -0.39 is 0 Å². The summed E-state index contributed by atoms with van der Waals surface area (Å²) in [4.78, 5) is 14.4. The van der Waals surface area contributed by atoms with Crippen LogP contribution in [0.25, 0.3) is 0 Å². The number of carbonyl (C=O) groups is 1. The minimum atomic E-state index is -0.330. The van der Waals surface area contributed by atoms with Gasteiger partial charge in [-0.25, -0.2) is 4.79 Å². The Morgan fingerprint density at radius 2 is 1.72 bits per heavy atom. The largest absolute Gasteiger partial charge is 0.492 e. The summed E-state index contributed by atoms with van der Waals surface area (Å²) < 4.78 is 16.4. The number of rotatable bonds is 7. The van der Waals surface area contributed by atoms with Crippen LogP contribution in [0.3, 0.4) is 0 Å². The average Bonchev–Trinajstić information content (AvgIpc) is 2.68. The zero-order chi connectivity index (χ0) is 17.3. The van der Waals surface area contributed by atoms with E-state index in [1.807, 2.05) is 30.3 Å². The molecule has 1 heterocycles. The Bertz CT molecular complexity index is 651. The molecular weight excluding hydrogens is 318 g/mol. The minimum absolute atomic E-state index is 0.275. The lowest BCUT2D eigenvalue weighted by molar-refractivity contribution is 0.0322. The van der Waals surface area contributed by atoms with Crippen LogP contribution < -0.4 is 4.74 Å². The molecule has 5 heteroatoms. The molecule has 1 saturated heterocycles. The molecule has 25 heavy (non-hydrogen) atoms. The van der Waals surface area contributed by atoms with Crippen LogP contribution in [0.5, 0.6) is 5.75 Å². The van der Waals surface area contributed by atoms with Crippen molar-refractivity contribution in [3.8, 4) is 5.75 Å². The van der Waals surface area contributed by atoms with Crippen molar-refractivity contribution in [3.63, 3.8) is 0 Å². The van der Waals surface area contributed by atoms with Gasteiger partial charge in [0, 0.05) is 19.6 Å². The SMILES string of the molecule is O=C(OCc1ccccc1)c1ccc(OCCN2CCOCC2)cc1. The van der Waals surface area contributed by atoms with Crippen LogP contribution in [0.1, 0.15) is 15.9 Å². The second kappa shape index (κ2) is 9.20. The zero-order valence-electron chi connectivity index (χ0n) is 14.2. The molecule has 0 aliphatic carbocycles. The van der Waals surface area contributed by atoms with E-state index in [1.54, 1.807) is 24.3 Å². The summed E-state index contributed by atoms with van der Waals surface area (Å²) in [7, 11) is 0. The number of nitrogens with zero attached hydrogens (tertiary/aromatic N) is 1. The monoisotopic (exact) mass is 341 g/mol. The zero-order valence-corrected chi connectivity index (χ0v) is 14.2. The van der Waals surface area contributed by atoms with Crippen LogP contribution in [0.15, 0.2) is 54.6 Å². The predicted octanol–water partition coefficient (Wildman–Crippen LogP) is 2.75. The first kappa shape index (κ1) is 17.5. The smallest absolute Gasteiger partial charge is 0.338 e. The molecular formula is C20H23NO4. The maximum atomic E-state index is 12.1. The van der Waals surface area contributed by atoms with E-state index in [2.05, 4.69) is 4.90 Å². The number of hydrogen-bond acceptors (Lipinski definition) is 5. The lowest BCUT2D eigenvalue weighted by Crippen LogP contribution is -2.38. The second-order valence-electron chi connectivity index (χ2n) is 5.89. The Labute approximate surface area is 148 Å². The van der Waals surface area contributed by atoms with Crippen LogP contribution in [0, 0.1) is 0 Å². The molecule has 5 nitrogen and oxygen atoms in total. The summed E-state index contributed by atoms with van der Waals surface area (Å²) in [6.07, 6.45) is 0. The maximum absolute atomic E-state index is 12.1.